The van der Waals surface area contributed by atoms with Gasteiger partial charge in [0.1, 0.15) is 5.82 Å². The van der Waals surface area contributed by atoms with Crippen molar-refractivity contribution in [2.24, 2.45) is 0 Å². The van der Waals surface area contributed by atoms with Crippen molar-refractivity contribution in [2.75, 3.05) is 31.1 Å². The van der Waals surface area contributed by atoms with Crippen molar-refractivity contribution in [2.45, 2.75) is 13.8 Å². The van der Waals surface area contributed by atoms with Crippen LogP contribution in [0.1, 0.15) is 11.1 Å². The Labute approximate surface area is 90.1 Å². The zero-order valence-corrected chi connectivity index (χ0v) is 9.31. The molecule has 1 fully saturated rings. The van der Waals surface area contributed by atoms with E-state index in [-0.39, 0.29) is 5.82 Å². The van der Waals surface area contributed by atoms with E-state index in [1.54, 1.807) is 0 Å². The van der Waals surface area contributed by atoms with Crippen molar-refractivity contribution in [1.29, 1.82) is 0 Å². The largest absolute Gasteiger partial charge is 0.369 e. The highest BCUT2D eigenvalue weighted by molar-refractivity contribution is 5.55. The van der Waals surface area contributed by atoms with E-state index in [9.17, 15) is 4.39 Å². The number of hydrogen-bond acceptors (Lipinski definition) is 2. The third-order valence-corrected chi connectivity index (χ3v) is 3.01. The first kappa shape index (κ1) is 10.4. The normalized spacial score (nSPS) is 16.9. The van der Waals surface area contributed by atoms with E-state index in [0.29, 0.717) is 0 Å². The number of halogens is 1. The fourth-order valence-electron chi connectivity index (χ4n) is 2.06. The monoisotopic (exact) mass is 208 g/mol. The van der Waals surface area contributed by atoms with E-state index >= 15 is 0 Å². The van der Waals surface area contributed by atoms with Crippen molar-refractivity contribution in [3.8, 4) is 0 Å². The lowest BCUT2D eigenvalue weighted by Crippen LogP contribution is -2.43. The van der Waals surface area contributed by atoms with E-state index in [1.165, 1.54) is 0 Å². The van der Waals surface area contributed by atoms with Crippen LogP contribution in [-0.2, 0) is 0 Å². The van der Waals surface area contributed by atoms with Crippen molar-refractivity contribution in [3.05, 3.63) is 29.1 Å². The second kappa shape index (κ2) is 4.19. The van der Waals surface area contributed by atoms with Gasteiger partial charge < -0.3 is 10.2 Å². The SMILES string of the molecule is Cc1ccc(N2CCNCC2)c(C)c1F. The second-order valence-electron chi connectivity index (χ2n) is 4.08. The maximum atomic E-state index is 13.7. The fraction of sp³-hybridized carbons (Fsp3) is 0.500. The summed E-state index contributed by atoms with van der Waals surface area (Å²) in [7, 11) is 0. The van der Waals surface area contributed by atoms with Crippen molar-refractivity contribution in [3.63, 3.8) is 0 Å². The first-order chi connectivity index (χ1) is 7.20. The summed E-state index contributed by atoms with van der Waals surface area (Å²) < 4.78 is 13.7. The molecule has 1 heterocycles. The van der Waals surface area contributed by atoms with Crippen molar-refractivity contribution < 1.29 is 4.39 Å². The average Bonchev–Trinajstić information content (AvgIpc) is 2.27. The third kappa shape index (κ3) is 1.97. The Bertz CT molecular complexity index is 357. The quantitative estimate of drug-likeness (QED) is 0.757. The standard InChI is InChI=1S/C12H17FN2/c1-9-3-4-11(10(2)12(9)13)15-7-5-14-6-8-15/h3-4,14H,5-8H2,1-2H3. The molecule has 1 aliphatic heterocycles. The molecule has 0 amide bonds. The van der Waals surface area contributed by atoms with Crippen LogP contribution in [-0.4, -0.2) is 26.2 Å². The van der Waals surface area contributed by atoms with E-state index in [4.69, 9.17) is 0 Å². The molecule has 1 aromatic rings. The highest BCUT2D eigenvalue weighted by Crippen LogP contribution is 2.24. The molecule has 0 spiro atoms. The maximum absolute atomic E-state index is 13.7. The number of piperazine rings is 1. The minimum Gasteiger partial charge on any atom is -0.369 e. The zero-order chi connectivity index (χ0) is 10.8. The molecule has 15 heavy (non-hydrogen) atoms. The van der Waals surface area contributed by atoms with Gasteiger partial charge in [-0.15, -0.1) is 0 Å². The Balaban J connectivity index is 2.31. The van der Waals surface area contributed by atoms with Gasteiger partial charge in [-0.3, -0.25) is 0 Å². The van der Waals surface area contributed by atoms with Crippen LogP contribution < -0.4 is 10.2 Å². The highest BCUT2D eigenvalue weighted by Gasteiger charge is 2.15. The van der Waals surface area contributed by atoms with E-state index in [1.807, 2.05) is 26.0 Å². The van der Waals surface area contributed by atoms with Crippen LogP contribution in [0.25, 0.3) is 0 Å². The Hall–Kier alpha value is -1.09. The molecule has 0 saturated carbocycles. The van der Waals surface area contributed by atoms with Gasteiger partial charge in [0.2, 0.25) is 0 Å². The first-order valence-corrected chi connectivity index (χ1v) is 5.41. The third-order valence-electron chi connectivity index (χ3n) is 3.01. The van der Waals surface area contributed by atoms with E-state index in [0.717, 1.165) is 43.0 Å². The van der Waals surface area contributed by atoms with Crippen molar-refractivity contribution >= 4 is 5.69 Å². The van der Waals surface area contributed by atoms with Crippen LogP contribution in [0, 0.1) is 19.7 Å². The second-order valence-corrected chi connectivity index (χ2v) is 4.08. The minimum atomic E-state index is -0.0639. The van der Waals surface area contributed by atoms with Crippen molar-refractivity contribution in [1.82, 2.24) is 5.32 Å². The Kier molecular flexibility index (Phi) is 2.91. The summed E-state index contributed by atoms with van der Waals surface area (Å²) in [6.45, 7) is 7.56. The number of hydrogen-bond donors (Lipinski definition) is 1. The zero-order valence-electron chi connectivity index (χ0n) is 9.31. The lowest BCUT2D eigenvalue weighted by Gasteiger charge is -2.31. The van der Waals surface area contributed by atoms with Crippen LogP contribution in [0.2, 0.25) is 0 Å². The van der Waals surface area contributed by atoms with Crippen LogP contribution in [0.5, 0.6) is 0 Å². The highest BCUT2D eigenvalue weighted by atomic mass is 19.1. The Morgan fingerprint density at radius 3 is 2.53 bits per heavy atom. The Morgan fingerprint density at radius 2 is 1.87 bits per heavy atom. The maximum Gasteiger partial charge on any atom is 0.131 e. The number of nitrogens with zero attached hydrogens (tertiary/aromatic N) is 1. The summed E-state index contributed by atoms with van der Waals surface area (Å²) >= 11 is 0. The molecule has 2 nitrogen and oxygen atoms in total. The summed E-state index contributed by atoms with van der Waals surface area (Å²) in [6, 6.07) is 3.89. The molecular formula is C12H17FN2. The molecule has 1 N–H and O–H groups in total. The van der Waals surface area contributed by atoms with Gasteiger partial charge >= 0.3 is 0 Å². The Morgan fingerprint density at radius 1 is 1.20 bits per heavy atom. The summed E-state index contributed by atoms with van der Waals surface area (Å²) in [4.78, 5) is 2.24. The lowest BCUT2D eigenvalue weighted by atomic mass is 10.1. The molecule has 0 aromatic heterocycles. The van der Waals surface area contributed by atoms with Crippen LogP contribution in [0.3, 0.4) is 0 Å². The van der Waals surface area contributed by atoms with Crippen LogP contribution in [0.15, 0.2) is 12.1 Å². The van der Waals surface area contributed by atoms with Crippen LogP contribution in [0.4, 0.5) is 10.1 Å². The number of nitrogens with one attached hydrogen (secondary N) is 1. The summed E-state index contributed by atoms with van der Waals surface area (Å²) in [5, 5.41) is 3.29. The van der Waals surface area contributed by atoms with Gasteiger partial charge in [-0.05, 0) is 25.5 Å². The smallest absolute Gasteiger partial charge is 0.131 e. The summed E-state index contributed by atoms with van der Waals surface area (Å²) in [5.41, 5.74) is 2.54. The van der Waals surface area contributed by atoms with Crippen LogP contribution >= 0.6 is 0 Å². The molecule has 3 heteroatoms. The molecule has 0 unspecified atom stereocenters. The molecule has 1 saturated heterocycles. The molecule has 1 aliphatic rings. The number of anilines is 1. The van der Waals surface area contributed by atoms with E-state index < -0.39 is 0 Å². The molecule has 0 atom stereocenters. The molecule has 1 aromatic carbocycles. The van der Waals surface area contributed by atoms with E-state index in [2.05, 4.69) is 10.2 Å². The molecular weight excluding hydrogens is 191 g/mol. The first-order valence-electron chi connectivity index (χ1n) is 5.41. The predicted molar refractivity (Wildman–Crippen MR) is 61.0 cm³/mol. The van der Waals surface area contributed by atoms with Gasteiger partial charge in [-0.1, -0.05) is 6.07 Å². The van der Waals surface area contributed by atoms with Gasteiger partial charge in [-0.2, -0.15) is 0 Å². The molecule has 0 radical (unpaired) electrons. The van der Waals surface area contributed by atoms with Gasteiger partial charge in [0, 0.05) is 37.4 Å². The number of benzene rings is 1. The topological polar surface area (TPSA) is 15.3 Å². The lowest BCUT2D eigenvalue weighted by molar-refractivity contribution is 0.579. The molecule has 82 valence electrons. The summed E-state index contributed by atoms with van der Waals surface area (Å²) in [5.74, 6) is -0.0639. The molecule has 0 aliphatic carbocycles. The van der Waals surface area contributed by atoms with Gasteiger partial charge in [0.05, 0.1) is 0 Å². The van der Waals surface area contributed by atoms with Gasteiger partial charge in [-0.25, -0.2) is 4.39 Å². The molecule has 0 bridgehead atoms. The van der Waals surface area contributed by atoms with Gasteiger partial charge in [0.15, 0.2) is 0 Å². The average molecular weight is 208 g/mol. The number of rotatable bonds is 1. The minimum absolute atomic E-state index is 0.0639. The van der Waals surface area contributed by atoms with Gasteiger partial charge in [0.25, 0.3) is 0 Å². The predicted octanol–water partition coefficient (Wildman–Crippen LogP) is 1.85. The number of aryl methyl sites for hydroxylation is 1. The fourth-order valence-corrected chi connectivity index (χ4v) is 2.06. The summed E-state index contributed by atoms with van der Waals surface area (Å²) in [6.07, 6.45) is 0. The molecule has 2 rings (SSSR count).